The van der Waals surface area contributed by atoms with Crippen molar-refractivity contribution in [2.75, 3.05) is 27.4 Å². The number of fused-ring (bicyclic) bond motifs is 2. The van der Waals surface area contributed by atoms with Gasteiger partial charge in [-0.25, -0.2) is 0 Å². The van der Waals surface area contributed by atoms with E-state index < -0.39 is 0 Å². The van der Waals surface area contributed by atoms with Crippen LogP contribution in [0.25, 0.3) is 22.9 Å². The van der Waals surface area contributed by atoms with Crippen LogP contribution in [-0.4, -0.2) is 32.4 Å². The molecule has 5 heteroatoms. The van der Waals surface area contributed by atoms with Crippen molar-refractivity contribution in [1.82, 2.24) is 4.98 Å². The maximum absolute atomic E-state index is 5.70. The van der Waals surface area contributed by atoms with Crippen LogP contribution in [0.2, 0.25) is 0 Å². The third kappa shape index (κ3) is 3.04. The molecule has 0 atom stereocenters. The summed E-state index contributed by atoms with van der Waals surface area (Å²) in [6.07, 6.45) is 5.78. The van der Waals surface area contributed by atoms with Gasteiger partial charge in [-0.05, 0) is 47.4 Å². The van der Waals surface area contributed by atoms with Crippen molar-refractivity contribution in [1.29, 1.82) is 0 Å². The zero-order valence-corrected chi connectivity index (χ0v) is 14.7. The van der Waals surface area contributed by atoms with E-state index in [1.807, 2.05) is 48.6 Å². The van der Waals surface area contributed by atoms with Crippen LogP contribution >= 0.6 is 0 Å². The summed E-state index contributed by atoms with van der Waals surface area (Å²) in [5, 5.41) is 2.09. The van der Waals surface area contributed by atoms with Crippen LogP contribution in [0, 0.1) is 0 Å². The summed E-state index contributed by atoms with van der Waals surface area (Å²) < 4.78 is 22.0. The molecule has 4 rings (SSSR count). The molecule has 1 aliphatic rings. The van der Waals surface area contributed by atoms with Crippen LogP contribution < -0.4 is 18.9 Å². The summed E-state index contributed by atoms with van der Waals surface area (Å²) in [6.45, 7) is 1.14. The van der Waals surface area contributed by atoms with Crippen molar-refractivity contribution in [3.05, 3.63) is 53.9 Å². The summed E-state index contributed by atoms with van der Waals surface area (Å²) in [6, 6.07) is 11.8. The number of hydrogen-bond acceptors (Lipinski definition) is 5. The molecule has 0 aliphatic carbocycles. The van der Waals surface area contributed by atoms with Crippen molar-refractivity contribution in [3.63, 3.8) is 0 Å². The highest BCUT2D eigenvalue weighted by Crippen LogP contribution is 2.35. The Bertz CT molecular complexity index is 981. The molecule has 0 spiro atoms. The molecule has 0 saturated heterocycles. The molecule has 0 radical (unpaired) electrons. The first-order valence-corrected chi connectivity index (χ1v) is 8.37. The Morgan fingerprint density at radius 1 is 0.885 bits per heavy atom. The third-order valence-corrected chi connectivity index (χ3v) is 4.30. The smallest absolute Gasteiger partial charge is 0.162 e. The first-order valence-electron chi connectivity index (χ1n) is 8.37. The molecule has 0 bridgehead atoms. The summed E-state index contributed by atoms with van der Waals surface area (Å²) in [7, 11) is 3.25. The molecule has 3 aromatic rings. The lowest BCUT2D eigenvalue weighted by Gasteiger charge is -2.19. The summed E-state index contributed by atoms with van der Waals surface area (Å²) in [4.78, 5) is 4.51. The molecule has 0 unspecified atom stereocenters. The van der Waals surface area contributed by atoms with Crippen LogP contribution in [0.15, 0.2) is 42.6 Å². The third-order valence-electron chi connectivity index (χ3n) is 4.30. The van der Waals surface area contributed by atoms with Gasteiger partial charge in [0, 0.05) is 11.6 Å². The van der Waals surface area contributed by atoms with E-state index in [9.17, 15) is 0 Å². The summed E-state index contributed by atoms with van der Waals surface area (Å²) in [5.41, 5.74) is 1.87. The van der Waals surface area contributed by atoms with E-state index in [1.54, 1.807) is 20.4 Å². The van der Waals surface area contributed by atoms with Gasteiger partial charge in [0.1, 0.15) is 13.2 Å². The molecule has 5 nitrogen and oxygen atoms in total. The number of methoxy groups -OCH3 is 2. The molecule has 2 aromatic carbocycles. The predicted octanol–water partition coefficient (Wildman–Crippen LogP) is 4.19. The maximum Gasteiger partial charge on any atom is 0.162 e. The lowest BCUT2D eigenvalue weighted by Crippen LogP contribution is -2.15. The van der Waals surface area contributed by atoms with Gasteiger partial charge in [0.05, 0.1) is 19.9 Å². The second-order valence-electron chi connectivity index (χ2n) is 5.86. The average molecular weight is 349 g/mol. The van der Waals surface area contributed by atoms with E-state index in [4.69, 9.17) is 18.9 Å². The lowest BCUT2D eigenvalue weighted by molar-refractivity contribution is 0.172. The Morgan fingerprint density at radius 3 is 2.42 bits per heavy atom. The number of hydrogen-bond donors (Lipinski definition) is 0. The van der Waals surface area contributed by atoms with Crippen molar-refractivity contribution in [2.24, 2.45) is 0 Å². The van der Waals surface area contributed by atoms with Crippen LogP contribution in [-0.2, 0) is 0 Å². The monoisotopic (exact) mass is 349 g/mol. The zero-order valence-electron chi connectivity index (χ0n) is 14.7. The van der Waals surface area contributed by atoms with E-state index in [1.165, 1.54) is 0 Å². The Labute approximate surface area is 151 Å². The number of pyridine rings is 1. The molecular weight excluding hydrogens is 330 g/mol. The second kappa shape index (κ2) is 6.96. The SMILES string of the molecule is COc1ccc(C=Cc2nccc3cc4c(cc23)OCCO4)cc1OC. The summed E-state index contributed by atoms with van der Waals surface area (Å²) in [5.74, 6) is 2.94. The maximum atomic E-state index is 5.70. The van der Waals surface area contributed by atoms with Gasteiger partial charge in [-0.15, -0.1) is 0 Å². The van der Waals surface area contributed by atoms with Crippen molar-refractivity contribution in [3.8, 4) is 23.0 Å². The standard InChI is InChI=1S/C21H19NO4/c1-23-18-6-4-14(11-19(18)24-2)3-5-17-16-13-21-20(25-9-10-26-21)12-15(16)7-8-22-17/h3-8,11-13H,9-10H2,1-2H3. The Balaban J connectivity index is 1.72. The van der Waals surface area contributed by atoms with Crippen molar-refractivity contribution >= 4 is 22.9 Å². The number of ether oxygens (including phenoxy) is 4. The number of benzene rings is 2. The number of nitrogens with zero attached hydrogens (tertiary/aromatic N) is 1. The van der Waals surface area contributed by atoms with E-state index >= 15 is 0 Å². The molecule has 1 aliphatic heterocycles. The molecule has 132 valence electrons. The first-order chi connectivity index (χ1) is 12.8. The molecule has 0 fully saturated rings. The minimum atomic E-state index is 0.565. The van der Waals surface area contributed by atoms with Gasteiger partial charge in [0.25, 0.3) is 0 Å². The van der Waals surface area contributed by atoms with Crippen molar-refractivity contribution < 1.29 is 18.9 Å². The highest BCUT2D eigenvalue weighted by Gasteiger charge is 2.14. The largest absolute Gasteiger partial charge is 0.493 e. The normalized spacial score (nSPS) is 13.2. The van der Waals surface area contributed by atoms with E-state index in [0.717, 1.165) is 33.5 Å². The fourth-order valence-corrected chi connectivity index (χ4v) is 3.00. The molecule has 0 amide bonds. The Kier molecular flexibility index (Phi) is 4.35. The van der Waals surface area contributed by atoms with Gasteiger partial charge in [-0.3, -0.25) is 4.98 Å². The van der Waals surface area contributed by atoms with E-state index in [0.29, 0.717) is 24.7 Å². The number of aromatic nitrogens is 1. The minimum absolute atomic E-state index is 0.565. The van der Waals surface area contributed by atoms with Crippen molar-refractivity contribution in [2.45, 2.75) is 0 Å². The summed E-state index contributed by atoms with van der Waals surface area (Å²) >= 11 is 0. The fourth-order valence-electron chi connectivity index (χ4n) is 3.00. The highest BCUT2D eigenvalue weighted by molar-refractivity contribution is 5.93. The zero-order chi connectivity index (χ0) is 17.9. The molecule has 0 N–H and O–H groups in total. The van der Waals surface area contributed by atoms with Crippen LogP contribution in [0.5, 0.6) is 23.0 Å². The van der Waals surface area contributed by atoms with Gasteiger partial charge in [0.2, 0.25) is 0 Å². The van der Waals surface area contributed by atoms with Crippen LogP contribution in [0.1, 0.15) is 11.3 Å². The fraction of sp³-hybridized carbons (Fsp3) is 0.190. The highest BCUT2D eigenvalue weighted by atomic mass is 16.6. The van der Waals surface area contributed by atoms with Gasteiger partial charge in [-0.1, -0.05) is 12.1 Å². The molecule has 1 aromatic heterocycles. The second-order valence-corrected chi connectivity index (χ2v) is 5.86. The van der Waals surface area contributed by atoms with E-state index in [2.05, 4.69) is 4.98 Å². The first kappa shape index (κ1) is 16.3. The van der Waals surface area contributed by atoms with Gasteiger partial charge < -0.3 is 18.9 Å². The topological polar surface area (TPSA) is 49.8 Å². The van der Waals surface area contributed by atoms with Crippen LogP contribution in [0.4, 0.5) is 0 Å². The van der Waals surface area contributed by atoms with Gasteiger partial charge in [-0.2, -0.15) is 0 Å². The van der Waals surface area contributed by atoms with Gasteiger partial charge in [0.15, 0.2) is 23.0 Å². The molecule has 2 heterocycles. The molecule has 26 heavy (non-hydrogen) atoms. The average Bonchev–Trinajstić information content (AvgIpc) is 2.70. The van der Waals surface area contributed by atoms with E-state index in [-0.39, 0.29) is 0 Å². The van der Waals surface area contributed by atoms with Gasteiger partial charge >= 0.3 is 0 Å². The predicted molar refractivity (Wildman–Crippen MR) is 101 cm³/mol. The minimum Gasteiger partial charge on any atom is -0.493 e. The Morgan fingerprint density at radius 2 is 1.65 bits per heavy atom. The lowest BCUT2D eigenvalue weighted by atomic mass is 10.1. The molecular formula is C21H19NO4. The Hall–Kier alpha value is -3.21. The quantitative estimate of drug-likeness (QED) is 0.707. The molecule has 0 saturated carbocycles. The van der Waals surface area contributed by atoms with Crippen LogP contribution in [0.3, 0.4) is 0 Å². The number of rotatable bonds is 4.